The predicted molar refractivity (Wildman–Crippen MR) is 100.0 cm³/mol. The summed E-state index contributed by atoms with van der Waals surface area (Å²) in [5.74, 6) is 1.39. The fraction of sp³-hybridized carbons (Fsp3) is 0.591. The van der Waals surface area contributed by atoms with Crippen molar-refractivity contribution in [1.29, 1.82) is 5.26 Å². The Balaban J connectivity index is 1.59. The molecule has 24 heavy (non-hydrogen) atoms. The van der Waals surface area contributed by atoms with Crippen LogP contribution in [0.5, 0.6) is 0 Å². The van der Waals surface area contributed by atoms with E-state index in [0.717, 1.165) is 31.1 Å². The Morgan fingerprint density at radius 3 is 2.46 bits per heavy atom. The first-order valence-electron chi connectivity index (χ1n) is 9.56. The van der Waals surface area contributed by atoms with Crippen molar-refractivity contribution in [2.45, 2.75) is 64.2 Å². The van der Waals surface area contributed by atoms with Crippen LogP contribution in [0.15, 0.2) is 36.4 Å². The third-order valence-corrected chi connectivity index (χ3v) is 5.03. The van der Waals surface area contributed by atoms with E-state index in [1.165, 1.54) is 50.5 Å². The van der Waals surface area contributed by atoms with Gasteiger partial charge in [0, 0.05) is 6.61 Å². The minimum atomic E-state index is 0.662. The molecule has 0 saturated heterocycles. The number of hydrogen-bond donors (Lipinski definition) is 0. The van der Waals surface area contributed by atoms with Gasteiger partial charge in [0.1, 0.15) is 0 Å². The Morgan fingerprint density at radius 1 is 1.08 bits per heavy atom. The van der Waals surface area contributed by atoms with Gasteiger partial charge in [0.25, 0.3) is 0 Å². The number of rotatable bonds is 9. The van der Waals surface area contributed by atoms with Gasteiger partial charge in [-0.1, -0.05) is 44.1 Å². The highest BCUT2D eigenvalue weighted by molar-refractivity contribution is 5.33. The SMILES string of the molecule is CCCCC=CCCOCC1CCC(c2ccc(C#N)cc2)CC1. The minimum Gasteiger partial charge on any atom is -0.381 e. The molecule has 0 aromatic heterocycles. The van der Waals surface area contributed by atoms with Crippen molar-refractivity contribution in [1.82, 2.24) is 0 Å². The first-order valence-corrected chi connectivity index (χ1v) is 9.56. The standard InChI is InChI=1S/C22H31NO/c1-2-3-4-5-6-7-16-24-18-20-10-14-22(15-11-20)21-12-8-19(17-23)9-13-21/h5-6,8-9,12-13,20,22H,2-4,7,10-11,14-16,18H2,1H3. The summed E-state index contributed by atoms with van der Waals surface area (Å²) < 4.78 is 5.86. The summed E-state index contributed by atoms with van der Waals surface area (Å²) in [5.41, 5.74) is 2.15. The first kappa shape index (κ1) is 18.7. The molecule has 0 aliphatic heterocycles. The zero-order valence-corrected chi connectivity index (χ0v) is 15.0. The highest BCUT2D eigenvalue weighted by Crippen LogP contribution is 2.35. The van der Waals surface area contributed by atoms with Gasteiger partial charge in [-0.15, -0.1) is 0 Å². The number of ether oxygens (including phenoxy) is 1. The van der Waals surface area contributed by atoms with Gasteiger partial charge in [0.15, 0.2) is 0 Å². The van der Waals surface area contributed by atoms with E-state index in [0.29, 0.717) is 5.92 Å². The van der Waals surface area contributed by atoms with Gasteiger partial charge in [0.05, 0.1) is 18.2 Å². The molecule has 0 amide bonds. The van der Waals surface area contributed by atoms with Crippen LogP contribution < -0.4 is 0 Å². The van der Waals surface area contributed by atoms with Crippen LogP contribution in [-0.2, 0) is 4.74 Å². The molecule has 2 heteroatoms. The van der Waals surface area contributed by atoms with Crippen molar-refractivity contribution in [3.63, 3.8) is 0 Å². The van der Waals surface area contributed by atoms with E-state index in [4.69, 9.17) is 10.00 Å². The fourth-order valence-electron chi connectivity index (χ4n) is 3.45. The number of nitriles is 1. The van der Waals surface area contributed by atoms with Crippen LogP contribution in [0.3, 0.4) is 0 Å². The van der Waals surface area contributed by atoms with Gasteiger partial charge in [-0.05, 0) is 68.1 Å². The molecule has 0 spiro atoms. The number of hydrogen-bond acceptors (Lipinski definition) is 2. The maximum atomic E-state index is 8.88. The van der Waals surface area contributed by atoms with Crippen LogP contribution in [0.2, 0.25) is 0 Å². The molecule has 0 bridgehead atoms. The predicted octanol–water partition coefficient (Wildman–Crippen LogP) is 5.99. The number of allylic oxidation sites excluding steroid dienone is 1. The largest absolute Gasteiger partial charge is 0.381 e. The van der Waals surface area contributed by atoms with Crippen LogP contribution in [-0.4, -0.2) is 13.2 Å². The van der Waals surface area contributed by atoms with Gasteiger partial charge in [0.2, 0.25) is 0 Å². The summed E-state index contributed by atoms with van der Waals surface area (Å²) in [6.45, 7) is 4.01. The summed E-state index contributed by atoms with van der Waals surface area (Å²) in [5, 5.41) is 8.88. The van der Waals surface area contributed by atoms with Crippen molar-refractivity contribution in [2.75, 3.05) is 13.2 Å². The van der Waals surface area contributed by atoms with Gasteiger partial charge in [-0.3, -0.25) is 0 Å². The van der Waals surface area contributed by atoms with Crippen molar-refractivity contribution < 1.29 is 4.74 Å². The van der Waals surface area contributed by atoms with Crippen LogP contribution in [0.25, 0.3) is 0 Å². The molecule has 0 atom stereocenters. The molecule has 1 aromatic carbocycles. The molecule has 0 heterocycles. The zero-order valence-electron chi connectivity index (χ0n) is 15.0. The molecule has 2 rings (SSSR count). The first-order chi connectivity index (χ1) is 11.8. The second-order valence-corrected chi connectivity index (χ2v) is 6.93. The Bertz CT molecular complexity index is 518. The van der Waals surface area contributed by atoms with Crippen molar-refractivity contribution >= 4 is 0 Å². The Labute approximate surface area is 147 Å². The molecular weight excluding hydrogens is 294 g/mol. The summed E-state index contributed by atoms with van der Waals surface area (Å²) in [7, 11) is 0. The normalized spacial score (nSPS) is 21.0. The average Bonchev–Trinajstić information content (AvgIpc) is 2.64. The summed E-state index contributed by atoms with van der Waals surface area (Å²) in [6.07, 6.45) is 14.4. The number of benzene rings is 1. The lowest BCUT2D eigenvalue weighted by Crippen LogP contribution is -2.18. The van der Waals surface area contributed by atoms with Gasteiger partial charge >= 0.3 is 0 Å². The number of nitrogens with zero attached hydrogens (tertiary/aromatic N) is 1. The summed E-state index contributed by atoms with van der Waals surface area (Å²) >= 11 is 0. The van der Waals surface area contributed by atoms with Crippen molar-refractivity contribution in [3.8, 4) is 6.07 Å². The molecular formula is C22H31NO. The molecule has 0 radical (unpaired) electrons. The van der Waals surface area contributed by atoms with E-state index < -0.39 is 0 Å². The minimum absolute atomic E-state index is 0.662. The molecule has 1 saturated carbocycles. The molecule has 2 nitrogen and oxygen atoms in total. The van der Waals surface area contributed by atoms with E-state index in [-0.39, 0.29) is 0 Å². The molecule has 1 aromatic rings. The van der Waals surface area contributed by atoms with Crippen molar-refractivity contribution in [3.05, 3.63) is 47.5 Å². The molecule has 1 aliphatic rings. The second-order valence-electron chi connectivity index (χ2n) is 6.93. The third kappa shape index (κ3) is 6.49. The van der Waals surface area contributed by atoms with Crippen LogP contribution >= 0.6 is 0 Å². The van der Waals surface area contributed by atoms with E-state index in [2.05, 4.69) is 37.3 Å². The van der Waals surface area contributed by atoms with E-state index in [1.807, 2.05) is 12.1 Å². The van der Waals surface area contributed by atoms with Gasteiger partial charge in [-0.2, -0.15) is 5.26 Å². The quantitative estimate of drug-likeness (QED) is 0.413. The topological polar surface area (TPSA) is 33.0 Å². The smallest absolute Gasteiger partial charge is 0.0991 e. The van der Waals surface area contributed by atoms with Crippen LogP contribution in [0.4, 0.5) is 0 Å². The van der Waals surface area contributed by atoms with Gasteiger partial charge < -0.3 is 4.74 Å². The molecule has 0 unspecified atom stereocenters. The lowest BCUT2D eigenvalue weighted by atomic mass is 9.79. The third-order valence-electron chi connectivity index (χ3n) is 5.03. The average molecular weight is 325 g/mol. The monoisotopic (exact) mass is 325 g/mol. The summed E-state index contributed by atoms with van der Waals surface area (Å²) in [6, 6.07) is 10.3. The second kappa shape index (κ2) is 11.0. The Morgan fingerprint density at radius 2 is 1.79 bits per heavy atom. The maximum absolute atomic E-state index is 8.88. The maximum Gasteiger partial charge on any atom is 0.0991 e. The van der Waals surface area contributed by atoms with Gasteiger partial charge in [-0.25, -0.2) is 0 Å². The Hall–Kier alpha value is -1.59. The lowest BCUT2D eigenvalue weighted by molar-refractivity contribution is 0.0858. The van der Waals surface area contributed by atoms with E-state index in [1.54, 1.807) is 0 Å². The van der Waals surface area contributed by atoms with E-state index in [9.17, 15) is 0 Å². The zero-order chi connectivity index (χ0) is 17.0. The Kier molecular flexibility index (Phi) is 8.63. The molecule has 0 N–H and O–H groups in total. The molecule has 130 valence electrons. The molecule has 1 fully saturated rings. The molecule has 1 aliphatic carbocycles. The van der Waals surface area contributed by atoms with Crippen LogP contribution in [0.1, 0.15) is 75.3 Å². The highest BCUT2D eigenvalue weighted by atomic mass is 16.5. The lowest BCUT2D eigenvalue weighted by Gasteiger charge is -2.28. The van der Waals surface area contributed by atoms with E-state index >= 15 is 0 Å². The van der Waals surface area contributed by atoms with Crippen LogP contribution in [0, 0.1) is 17.2 Å². The fourth-order valence-corrected chi connectivity index (χ4v) is 3.45. The van der Waals surface area contributed by atoms with Crippen molar-refractivity contribution in [2.24, 2.45) is 5.92 Å². The highest BCUT2D eigenvalue weighted by Gasteiger charge is 2.22. The summed E-state index contributed by atoms with van der Waals surface area (Å²) in [4.78, 5) is 0. The number of unbranched alkanes of at least 4 members (excludes halogenated alkanes) is 2.